The lowest BCUT2D eigenvalue weighted by molar-refractivity contribution is 0.588. The molecule has 1 N–H and O–H groups in total. The van der Waals surface area contributed by atoms with Crippen LogP contribution in [-0.4, -0.2) is 9.97 Å². The van der Waals surface area contributed by atoms with E-state index >= 15 is 0 Å². The zero-order valence-electron chi connectivity index (χ0n) is 11.1. The molecule has 0 spiro atoms. The topological polar surface area (TPSA) is 45.8 Å². The molecule has 18 heavy (non-hydrogen) atoms. The van der Waals surface area contributed by atoms with Gasteiger partial charge in [-0.15, -0.1) is 0 Å². The molecule has 0 amide bonds. The second-order valence-corrected chi connectivity index (χ2v) is 6.23. The molecule has 0 unspecified atom stereocenters. The summed E-state index contributed by atoms with van der Waals surface area (Å²) in [4.78, 5) is 19.5. The van der Waals surface area contributed by atoms with E-state index in [0.717, 1.165) is 35.0 Å². The van der Waals surface area contributed by atoms with Gasteiger partial charge in [0.15, 0.2) is 0 Å². The van der Waals surface area contributed by atoms with E-state index in [9.17, 15) is 4.79 Å². The summed E-state index contributed by atoms with van der Waals surface area (Å²) in [5, 5.41) is 0. The first kappa shape index (κ1) is 11.5. The lowest BCUT2D eigenvalue weighted by atomic mass is 9.88. The van der Waals surface area contributed by atoms with Gasteiger partial charge in [-0.3, -0.25) is 9.78 Å². The molecule has 1 aliphatic carbocycles. The Bertz CT molecular complexity index is 660. The zero-order chi connectivity index (χ0) is 12.9. The van der Waals surface area contributed by atoms with Gasteiger partial charge in [0.05, 0.1) is 11.0 Å². The first-order valence-electron chi connectivity index (χ1n) is 6.48. The second kappa shape index (κ2) is 3.67. The molecule has 0 aromatic carbocycles. The van der Waals surface area contributed by atoms with Crippen LogP contribution in [0.5, 0.6) is 0 Å². The summed E-state index contributed by atoms with van der Waals surface area (Å²) in [5.74, 6) is 0.460. The van der Waals surface area contributed by atoms with E-state index in [0.29, 0.717) is 5.92 Å². The lowest BCUT2D eigenvalue weighted by Gasteiger charge is -2.18. The maximum atomic E-state index is 12.0. The molecule has 2 aromatic heterocycles. The van der Waals surface area contributed by atoms with Crippen LogP contribution in [-0.2, 0) is 5.41 Å². The Morgan fingerprint density at radius 2 is 2.00 bits per heavy atom. The highest BCUT2D eigenvalue weighted by Crippen LogP contribution is 2.38. The van der Waals surface area contributed by atoms with Gasteiger partial charge in [0.2, 0.25) is 0 Å². The minimum Gasteiger partial charge on any atom is -0.320 e. The van der Waals surface area contributed by atoms with Crippen LogP contribution in [0.15, 0.2) is 23.1 Å². The number of pyridine rings is 2. The molecular formula is C15H18N2O. The number of hydrogen-bond donors (Lipinski definition) is 1. The van der Waals surface area contributed by atoms with Gasteiger partial charge in [-0.05, 0) is 41.9 Å². The molecule has 2 heterocycles. The van der Waals surface area contributed by atoms with E-state index < -0.39 is 0 Å². The minimum atomic E-state index is 0.0489. The van der Waals surface area contributed by atoms with Crippen molar-refractivity contribution in [2.24, 2.45) is 0 Å². The van der Waals surface area contributed by atoms with Gasteiger partial charge in [0, 0.05) is 11.8 Å². The number of aromatic amines is 1. The number of fused-ring (bicyclic) bond motifs is 1. The highest BCUT2D eigenvalue weighted by atomic mass is 16.1. The van der Waals surface area contributed by atoms with Crippen LogP contribution in [0.25, 0.3) is 11.0 Å². The molecule has 0 saturated heterocycles. The molecule has 0 atom stereocenters. The Labute approximate surface area is 106 Å². The molecule has 0 aliphatic heterocycles. The average Bonchev–Trinajstić information content (AvgIpc) is 3.10. The molecule has 1 saturated carbocycles. The van der Waals surface area contributed by atoms with E-state index in [4.69, 9.17) is 0 Å². The molecular weight excluding hydrogens is 224 g/mol. The molecule has 3 nitrogen and oxygen atoms in total. The highest BCUT2D eigenvalue weighted by Gasteiger charge is 2.26. The Kier molecular flexibility index (Phi) is 2.34. The minimum absolute atomic E-state index is 0.0489. The van der Waals surface area contributed by atoms with Gasteiger partial charge in [-0.25, -0.2) is 0 Å². The molecule has 2 aromatic rings. The Hall–Kier alpha value is -1.64. The van der Waals surface area contributed by atoms with Crippen LogP contribution in [0.4, 0.5) is 0 Å². The van der Waals surface area contributed by atoms with Crippen LogP contribution in [0.1, 0.15) is 50.7 Å². The van der Waals surface area contributed by atoms with Crippen LogP contribution in [0.2, 0.25) is 0 Å². The summed E-state index contributed by atoms with van der Waals surface area (Å²) >= 11 is 0. The lowest BCUT2D eigenvalue weighted by Crippen LogP contribution is -2.14. The molecule has 3 heteroatoms. The summed E-state index contributed by atoms with van der Waals surface area (Å²) in [5.41, 5.74) is 3.88. The predicted molar refractivity (Wildman–Crippen MR) is 73.0 cm³/mol. The average molecular weight is 242 g/mol. The highest BCUT2D eigenvalue weighted by molar-refractivity contribution is 5.75. The quantitative estimate of drug-likeness (QED) is 0.835. The van der Waals surface area contributed by atoms with Crippen molar-refractivity contribution >= 4 is 11.0 Å². The number of aromatic nitrogens is 2. The van der Waals surface area contributed by atoms with Gasteiger partial charge in [-0.2, -0.15) is 0 Å². The maximum absolute atomic E-state index is 12.0. The van der Waals surface area contributed by atoms with Crippen molar-refractivity contribution in [2.75, 3.05) is 0 Å². The van der Waals surface area contributed by atoms with E-state index in [2.05, 4.69) is 30.7 Å². The molecule has 1 fully saturated rings. The van der Waals surface area contributed by atoms with E-state index in [1.165, 1.54) is 0 Å². The number of H-pyrrole nitrogens is 1. The van der Waals surface area contributed by atoms with Crippen molar-refractivity contribution in [1.82, 2.24) is 9.97 Å². The normalized spacial score (nSPS) is 16.2. The van der Waals surface area contributed by atoms with Gasteiger partial charge < -0.3 is 4.98 Å². The van der Waals surface area contributed by atoms with Gasteiger partial charge in [-0.1, -0.05) is 20.8 Å². The van der Waals surface area contributed by atoms with Crippen molar-refractivity contribution in [3.05, 3.63) is 39.8 Å². The van der Waals surface area contributed by atoms with Crippen LogP contribution in [0.3, 0.4) is 0 Å². The molecule has 0 bridgehead atoms. The Morgan fingerprint density at radius 1 is 1.28 bits per heavy atom. The summed E-state index contributed by atoms with van der Waals surface area (Å²) in [6.45, 7) is 6.44. The van der Waals surface area contributed by atoms with Crippen molar-refractivity contribution in [2.45, 2.75) is 44.9 Å². The second-order valence-electron chi connectivity index (χ2n) is 6.23. The maximum Gasteiger partial charge on any atom is 0.252 e. The number of hydrogen-bond acceptors (Lipinski definition) is 2. The van der Waals surface area contributed by atoms with E-state index in [1.807, 2.05) is 18.3 Å². The summed E-state index contributed by atoms with van der Waals surface area (Å²) in [6.07, 6.45) is 4.18. The van der Waals surface area contributed by atoms with Gasteiger partial charge in [0.25, 0.3) is 5.56 Å². The predicted octanol–water partition coefficient (Wildman–Crippen LogP) is 3.10. The van der Waals surface area contributed by atoms with Gasteiger partial charge in [0.1, 0.15) is 0 Å². The standard InChI is InChI=1S/C15H18N2O/c1-15(2,3)10-6-13-12(16-8-10)7-11(9-4-5-9)14(18)17-13/h6-9H,4-5H2,1-3H3,(H,17,18). The third kappa shape index (κ3) is 1.94. The Morgan fingerprint density at radius 3 is 2.61 bits per heavy atom. The van der Waals surface area contributed by atoms with Crippen molar-refractivity contribution in [3.8, 4) is 0 Å². The molecule has 1 aliphatic rings. The smallest absolute Gasteiger partial charge is 0.252 e. The van der Waals surface area contributed by atoms with Crippen LogP contribution >= 0.6 is 0 Å². The van der Waals surface area contributed by atoms with Gasteiger partial charge >= 0.3 is 0 Å². The number of nitrogens with zero attached hydrogens (tertiary/aromatic N) is 1. The molecule has 94 valence electrons. The summed E-state index contributed by atoms with van der Waals surface area (Å²) in [7, 11) is 0. The van der Waals surface area contributed by atoms with Crippen molar-refractivity contribution in [1.29, 1.82) is 0 Å². The monoisotopic (exact) mass is 242 g/mol. The van der Waals surface area contributed by atoms with Crippen LogP contribution < -0.4 is 5.56 Å². The molecule has 3 rings (SSSR count). The van der Waals surface area contributed by atoms with Crippen molar-refractivity contribution in [3.63, 3.8) is 0 Å². The fourth-order valence-electron chi connectivity index (χ4n) is 2.21. The fourth-order valence-corrected chi connectivity index (χ4v) is 2.21. The summed E-state index contributed by atoms with van der Waals surface area (Å²) < 4.78 is 0. The third-order valence-corrected chi connectivity index (χ3v) is 3.60. The third-order valence-electron chi connectivity index (χ3n) is 3.60. The molecule has 0 radical (unpaired) electrons. The van der Waals surface area contributed by atoms with Crippen molar-refractivity contribution < 1.29 is 0 Å². The van der Waals surface area contributed by atoms with E-state index in [-0.39, 0.29) is 11.0 Å². The largest absolute Gasteiger partial charge is 0.320 e. The zero-order valence-corrected chi connectivity index (χ0v) is 11.1. The Balaban J connectivity index is 2.18. The number of nitrogens with one attached hydrogen (secondary N) is 1. The van der Waals surface area contributed by atoms with E-state index in [1.54, 1.807) is 0 Å². The SMILES string of the molecule is CC(C)(C)c1cnc2cc(C3CC3)c(=O)[nH]c2c1. The first-order valence-corrected chi connectivity index (χ1v) is 6.48. The summed E-state index contributed by atoms with van der Waals surface area (Å²) in [6, 6.07) is 4.00. The first-order chi connectivity index (χ1) is 8.45. The fraction of sp³-hybridized carbons (Fsp3) is 0.467. The van der Waals surface area contributed by atoms with Crippen LogP contribution in [0, 0.1) is 0 Å². The number of rotatable bonds is 1.